The number of hydrogen-bond donors (Lipinski definition) is 0. The van der Waals surface area contributed by atoms with Gasteiger partial charge in [-0.05, 0) is 30.7 Å². The Morgan fingerprint density at radius 2 is 1.59 bits per heavy atom. The van der Waals surface area contributed by atoms with Gasteiger partial charge in [-0.2, -0.15) is 0 Å². The van der Waals surface area contributed by atoms with E-state index < -0.39 is 0 Å². The standard InChI is InChI=1S/C19H17NO2/c1-2-22-19(21)17-13-14-20(16-11-7-4-8-12-16)18(17)15-9-5-3-6-10-15/h3-14H,2H2,1H3. The summed E-state index contributed by atoms with van der Waals surface area (Å²) in [5.74, 6) is -0.295. The van der Waals surface area contributed by atoms with Crippen molar-refractivity contribution in [3.05, 3.63) is 78.5 Å². The number of carbonyl (C=O) groups is 1. The third-order valence-corrected chi connectivity index (χ3v) is 3.46. The topological polar surface area (TPSA) is 31.2 Å². The van der Waals surface area contributed by atoms with Crippen LogP contribution in [0.15, 0.2) is 72.9 Å². The quantitative estimate of drug-likeness (QED) is 0.670. The van der Waals surface area contributed by atoms with Gasteiger partial charge in [-0.25, -0.2) is 4.79 Å². The molecule has 1 aromatic heterocycles. The summed E-state index contributed by atoms with van der Waals surface area (Å²) in [5.41, 5.74) is 3.43. The Kier molecular flexibility index (Phi) is 4.05. The van der Waals surface area contributed by atoms with Crippen molar-refractivity contribution in [1.29, 1.82) is 0 Å². The van der Waals surface area contributed by atoms with Crippen molar-refractivity contribution in [3.8, 4) is 16.9 Å². The molecule has 3 rings (SSSR count). The van der Waals surface area contributed by atoms with Crippen molar-refractivity contribution in [1.82, 2.24) is 4.57 Å². The largest absolute Gasteiger partial charge is 0.462 e. The van der Waals surface area contributed by atoms with Gasteiger partial charge in [0.25, 0.3) is 0 Å². The van der Waals surface area contributed by atoms with Gasteiger partial charge in [-0.1, -0.05) is 48.5 Å². The predicted molar refractivity (Wildman–Crippen MR) is 87.2 cm³/mol. The predicted octanol–water partition coefficient (Wildman–Crippen LogP) is 4.32. The summed E-state index contributed by atoms with van der Waals surface area (Å²) in [6.07, 6.45) is 1.91. The van der Waals surface area contributed by atoms with Crippen LogP contribution in [0.4, 0.5) is 0 Å². The van der Waals surface area contributed by atoms with E-state index in [4.69, 9.17) is 4.74 Å². The fourth-order valence-electron chi connectivity index (χ4n) is 2.50. The smallest absolute Gasteiger partial charge is 0.340 e. The maximum atomic E-state index is 12.2. The van der Waals surface area contributed by atoms with E-state index in [1.54, 1.807) is 0 Å². The molecule has 0 aliphatic rings. The first-order chi connectivity index (χ1) is 10.8. The molecule has 0 fully saturated rings. The minimum absolute atomic E-state index is 0.295. The van der Waals surface area contributed by atoms with Crippen molar-refractivity contribution in [2.24, 2.45) is 0 Å². The Morgan fingerprint density at radius 3 is 2.23 bits per heavy atom. The molecule has 0 saturated carbocycles. The molecule has 1 heterocycles. The second-order valence-electron chi connectivity index (χ2n) is 4.87. The summed E-state index contributed by atoms with van der Waals surface area (Å²) >= 11 is 0. The fourth-order valence-corrected chi connectivity index (χ4v) is 2.50. The van der Waals surface area contributed by atoms with Crippen LogP contribution in [0.5, 0.6) is 0 Å². The lowest BCUT2D eigenvalue weighted by Crippen LogP contribution is -2.06. The number of rotatable bonds is 4. The third kappa shape index (κ3) is 2.66. The average molecular weight is 291 g/mol. The lowest BCUT2D eigenvalue weighted by Gasteiger charge is -2.11. The molecule has 0 atom stereocenters. The summed E-state index contributed by atoms with van der Waals surface area (Å²) in [7, 11) is 0. The average Bonchev–Trinajstić information content (AvgIpc) is 3.02. The highest BCUT2D eigenvalue weighted by Gasteiger charge is 2.19. The van der Waals surface area contributed by atoms with Gasteiger partial charge in [0.05, 0.1) is 17.9 Å². The Labute approximate surface area is 129 Å². The van der Waals surface area contributed by atoms with Crippen LogP contribution >= 0.6 is 0 Å². The number of nitrogens with zero attached hydrogens (tertiary/aromatic N) is 1. The van der Waals surface area contributed by atoms with Crippen LogP contribution in [-0.4, -0.2) is 17.1 Å². The molecule has 0 spiro atoms. The maximum absolute atomic E-state index is 12.2. The van der Waals surface area contributed by atoms with Crippen LogP contribution in [0.1, 0.15) is 17.3 Å². The lowest BCUT2D eigenvalue weighted by atomic mass is 10.1. The van der Waals surface area contributed by atoms with Gasteiger partial charge < -0.3 is 9.30 Å². The molecule has 3 aromatic rings. The zero-order chi connectivity index (χ0) is 15.4. The molecule has 0 bridgehead atoms. The van der Waals surface area contributed by atoms with Gasteiger partial charge in [-0.15, -0.1) is 0 Å². The highest BCUT2D eigenvalue weighted by molar-refractivity contribution is 5.97. The molecule has 0 amide bonds. The number of esters is 1. The Hall–Kier alpha value is -2.81. The minimum atomic E-state index is -0.295. The molecule has 22 heavy (non-hydrogen) atoms. The third-order valence-electron chi connectivity index (χ3n) is 3.46. The molecule has 0 unspecified atom stereocenters. The van der Waals surface area contributed by atoms with E-state index in [0.29, 0.717) is 12.2 Å². The zero-order valence-electron chi connectivity index (χ0n) is 12.4. The van der Waals surface area contributed by atoms with Crippen LogP contribution in [0, 0.1) is 0 Å². The number of ether oxygens (including phenoxy) is 1. The second-order valence-corrected chi connectivity index (χ2v) is 4.87. The van der Waals surface area contributed by atoms with Gasteiger partial charge in [-0.3, -0.25) is 0 Å². The lowest BCUT2D eigenvalue weighted by molar-refractivity contribution is 0.0527. The molecule has 3 nitrogen and oxygen atoms in total. The number of aromatic nitrogens is 1. The van der Waals surface area contributed by atoms with E-state index in [1.165, 1.54) is 0 Å². The normalized spacial score (nSPS) is 10.4. The molecule has 0 N–H and O–H groups in total. The molecule has 2 aromatic carbocycles. The monoisotopic (exact) mass is 291 g/mol. The first kappa shape index (κ1) is 14.1. The van der Waals surface area contributed by atoms with Crippen molar-refractivity contribution < 1.29 is 9.53 Å². The molecule has 110 valence electrons. The molecule has 0 saturated heterocycles. The van der Waals surface area contributed by atoms with Crippen molar-refractivity contribution >= 4 is 5.97 Å². The molecular weight excluding hydrogens is 274 g/mol. The molecule has 3 heteroatoms. The first-order valence-corrected chi connectivity index (χ1v) is 7.30. The van der Waals surface area contributed by atoms with E-state index in [2.05, 4.69) is 0 Å². The van der Waals surface area contributed by atoms with E-state index in [9.17, 15) is 4.79 Å². The van der Waals surface area contributed by atoms with Gasteiger partial charge in [0.1, 0.15) is 0 Å². The van der Waals surface area contributed by atoms with Crippen molar-refractivity contribution in [2.75, 3.05) is 6.61 Å². The number of carbonyl (C=O) groups excluding carboxylic acids is 1. The van der Waals surface area contributed by atoms with E-state index in [0.717, 1.165) is 16.9 Å². The highest BCUT2D eigenvalue weighted by atomic mass is 16.5. The Balaban J connectivity index is 2.18. The van der Waals surface area contributed by atoms with E-state index in [1.807, 2.05) is 84.4 Å². The van der Waals surface area contributed by atoms with Gasteiger partial charge in [0.15, 0.2) is 0 Å². The van der Waals surface area contributed by atoms with Crippen LogP contribution < -0.4 is 0 Å². The number of benzene rings is 2. The summed E-state index contributed by atoms with van der Waals surface area (Å²) in [6.45, 7) is 2.18. The molecule has 0 aliphatic heterocycles. The summed E-state index contributed by atoms with van der Waals surface area (Å²) in [5, 5.41) is 0. The van der Waals surface area contributed by atoms with E-state index in [-0.39, 0.29) is 5.97 Å². The molecule has 0 aliphatic carbocycles. The van der Waals surface area contributed by atoms with Gasteiger partial charge >= 0.3 is 5.97 Å². The van der Waals surface area contributed by atoms with Crippen LogP contribution in [-0.2, 0) is 4.74 Å². The van der Waals surface area contributed by atoms with Crippen molar-refractivity contribution in [2.45, 2.75) is 6.92 Å². The van der Waals surface area contributed by atoms with Gasteiger partial charge in [0, 0.05) is 11.9 Å². The first-order valence-electron chi connectivity index (χ1n) is 7.30. The Bertz CT molecular complexity index is 761. The summed E-state index contributed by atoms with van der Waals surface area (Å²) in [6, 6.07) is 21.7. The SMILES string of the molecule is CCOC(=O)c1ccn(-c2ccccc2)c1-c1ccccc1. The maximum Gasteiger partial charge on any atom is 0.340 e. The summed E-state index contributed by atoms with van der Waals surface area (Å²) in [4.78, 5) is 12.2. The Morgan fingerprint density at radius 1 is 0.955 bits per heavy atom. The minimum Gasteiger partial charge on any atom is -0.462 e. The molecule has 0 radical (unpaired) electrons. The number of hydrogen-bond acceptors (Lipinski definition) is 2. The zero-order valence-corrected chi connectivity index (χ0v) is 12.4. The van der Waals surface area contributed by atoms with Crippen LogP contribution in [0.3, 0.4) is 0 Å². The fraction of sp³-hybridized carbons (Fsp3) is 0.105. The highest BCUT2D eigenvalue weighted by Crippen LogP contribution is 2.28. The summed E-state index contributed by atoms with van der Waals surface area (Å²) < 4.78 is 7.20. The van der Waals surface area contributed by atoms with Crippen molar-refractivity contribution in [3.63, 3.8) is 0 Å². The number of para-hydroxylation sites is 1. The molecular formula is C19H17NO2. The van der Waals surface area contributed by atoms with Gasteiger partial charge in [0.2, 0.25) is 0 Å². The van der Waals surface area contributed by atoms with Crippen LogP contribution in [0.25, 0.3) is 16.9 Å². The van der Waals surface area contributed by atoms with Crippen LogP contribution in [0.2, 0.25) is 0 Å². The second kappa shape index (κ2) is 6.31. The van der Waals surface area contributed by atoms with E-state index >= 15 is 0 Å².